The Morgan fingerprint density at radius 3 is 2.54 bits per heavy atom. The van der Waals surface area contributed by atoms with E-state index in [4.69, 9.17) is 14.2 Å². The summed E-state index contributed by atoms with van der Waals surface area (Å²) in [5.41, 5.74) is 1.44. The van der Waals surface area contributed by atoms with Gasteiger partial charge in [0.15, 0.2) is 0 Å². The van der Waals surface area contributed by atoms with Gasteiger partial charge in [-0.3, -0.25) is 9.59 Å². The standard InChI is InChI=1S/C29H43N3O8.ClH/c1-18(2)25(27(36)40-29(3,4)5)31-28(37)38-14-7-6-11-24(33)32-13-12-19-9-8-10-23(21(19)17-32)39-20-15-22(26(34)35)30-16-20;/h8-10,18,20,22,25,30H,6-7,11-17H2,1-5H3,(H,31,37)(H,34,35);1H/t20-,22+,25+;/m1./s1. The predicted molar refractivity (Wildman–Crippen MR) is 154 cm³/mol. The van der Waals surface area contributed by atoms with Gasteiger partial charge in [0.1, 0.15) is 29.5 Å². The molecule has 2 aliphatic rings. The third kappa shape index (κ3) is 10.4. The summed E-state index contributed by atoms with van der Waals surface area (Å²) < 4.78 is 16.8. The van der Waals surface area contributed by atoms with Crippen LogP contribution in [0.15, 0.2) is 18.2 Å². The quantitative estimate of drug-likeness (QED) is 0.258. The maximum atomic E-state index is 12.9. The minimum Gasteiger partial charge on any atom is -0.489 e. The van der Waals surface area contributed by atoms with Gasteiger partial charge in [-0.1, -0.05) is 26.0 Å². The summed E-state index contributed by atoms with van der Waals surface area (Å²) in [6.45, 7) is 10.6. The van der Waals surface area contributed by atoms with Crippen molar-refractivity contribution < 1.29 is 38.5 Å². The van der Waals surface area contributed by atoms with Crippen LogP contribution in [0.4, 0.5) is 4.79 Å². The summed E-state index contributed by atoms with van der Waals surface area (Å²) in [5.74, 6) is -0.853. The predicted octanol–water partition coefficient (Wildman–Crippen LogP) is 3.45. The highest BCUT2D eigenvalue weighted by Gasteiger charge is 2.32. The molecule has 0 bridgehead atoms. The van der Waals surface area contributed by atoms with Gasteiger partial charge in [0.05, 0.1) is 6.61 Å². The fourth-order valence-electron chi connectivity index (χ4n) is 4.77. The Kier molecular flexibility index (Phi) is 12.7. The second kappa shape index (κ2) is 15.3. The number of hydrogen-bond acceptors (Lipinski definition) is 8. The molecule has 12 heteroatoms. The summed E-state index contributed by atoms with van der Waals surface area (Å²) >= 11 is 0. The minimum atomic E-state index is -0.885. The Labute approximate surface area is 248 Å². The number of amides is 2. The van der Waals surface area contributed by atoms with Crippen molar-refractivity contribution in [3.63, 3.8) is 0 Å². The first kappa shape index (κ1) is 34.2. The molecule has 230 valence electrons. The van der Waals surface area contributed by atoms with E-state index in [0.29, 0.717) is 51.1 Å². The zero-order valence-corrected chi connectivity index (χ0v) is 25.4. The van der Waals surface area contributed by atoms with Crippen LogP contribution < -0.4 is 15.4 Å². The molecule has 2 amide bonds. The highest BCUT2D eigenvalue weighted by Crippen LogP contribution is 2.30. The maximum absolute atomic E-state index is 12.9. The normalized spacial score (nSPS) is 19.0. The van der Waals surface area contributed by atoms with Gasteiger partial charge in [-0.05, 0) is 57.6 Å². The van der Waals surface area contributed by atoms with E-state index >= 15 is 0 Å². The number of esters is 1. The van der Waals surface area contributed by atoms with Gasteiger partial charge in [0, 0.05) is 38.0 Å². The molecule has 0 saturated carbocycles. The minimum absolute atomic E-state index is 0. The highest BCUT2D eigenvalue weighted by molar-refractivity contribution is 5.85. The Morgan fingerprint density at radius 1 is 1.17 bits per heavy atom. The van der Waals surface area contributed by atoms with E-state index < -0.39 is 35.7 Å². The first-order valence-electron chi connectivity index (χ1n) is 14.0. The number of benzene rings is 1. The molecule has 3 N–H and O–H groups in total. The van der Waals surface area contributed by atoms with Gasteiger partial charge in [0.2, 0.25) is 5.91 Å². The van der Waals surface area contributed by atoms with Crippen molar-refractivity contribution in [2.24, 2.45) is 5.92 Å². The Morgan fingerprint density at radius 2 is 1.90 bits per heavy atom. The number of carboxylic acid groups (broad SMARTS) is 1. The number of halogens is 1. The molecule has 2 aliphatic heterocycles. The number of rotatable bonds is 11. The third-order valence-corrected chi connectivity index (χ3v) is 6.88. The summed E-state index contributed by atoms with van der Waals surface area (Å²) in [6, 6.07) is 4.41. The zero-order valence-electron chi connectivity index (χ0n) is 24.6. The highest BCUT2D eigenvalue weighted by atomic mass is 35.5. The number of carbonyl (C=O) groups is 4. The first-order valence-corrected chi connectivity index (χ1v) is 14.0. The number of nitrogens with one attached hydrogen (secondary N) is 2. The van der Waals surface area contributed by atoms with Crippen LogP contribution in [0, 0.1) is 5.92 Å². The van der Waals surface area contributed by atoms with Crippen LogP contribution in [0.25, 0.3) is 0 Å². The second-order valence-corrected chi connectivity index (χ2v) is 11.7. The van der Waals surface area contributed by atoms with Crippen molar-refractivity contribution in [2.75, 3.05) is 19.7 Å². The van der Waals surface area contributed by atoms with Crippen LogP contribution in [-0.4, -0.2) is 77.4 Å². The lowest BCUT2D eigenvalue weighted by Gasteiger charge is -2.31. The summed E-state index contributed by atoms with van der Waals surface area (Å²) in [4.78, 5) is 50.6. The number of ether oxygens (including phenoxy) is 3. The van der Waals surface area contributed by atoms with Crippen LogP contribution in [0.1, 0.15) is 71.4 Å². The fourth-order valence-corrected chi connectivity index (χ4v) is 4.77. The molecule has 41 heavy (non-hydrogen) atoms. The smallest absolute Gasteiger partial charge is 0.407 e. The number of nitrogens with zero attached hydrogens (tertiary/aromatic N) is 1. The van der Waals surface area contributed by atoms with E-state index in [-0.39, 0.29) is 36.9 Å². The number of unbranched alkanes of at least 4 members (excludes halogenated alkanes) is 1. The van der Waals surface area contributed by atoms with Gasteiger partial charge < -0.3 is 34.9 Å². The fraction of sp³-hybridized carbons (Fsp3) is 0.655. The molecular formula is C29H44ClN3O8. The number of fused-ring (bicyclic) bond motifs is 1. The van der Waals surface area contributed by atoms with Crippen LogP contribution in [0.3, 0.4) is 0 Å². The molecule has 1 saturated heterocycles. The molecule has 1 aromatic rings. The van der Waals surface area contributed by atoms with Crippen molar-refractivity contribution >= 4 is 36.3 Å². The van der Waals surface area contributed by atoms with Crippen molar-refractivity contribution in [1.82, 2.24) is 15.5 Å². The number of carbonyl (C=O) groups excluding carboxylic acids is 3. The van der Waals surface area contributed by atoms with E-state index in [2.05, 4.69) is 10.6 Å². The van der Waals surface area contributed by atoms with Gasteiger partial charge in [-0.2, -0.15) is 0 Å². The first-order chi connectivity index (χ1) is 18.8. The summed E-state index contributed by atoms with van der Waals surface area (Å²) in [5, 5.41) is 14.8. The van der Waals surface area contributed by atoms with Gasteiger partial charge in [0.25, 0.3) is 0 Å². The zero-order chi connectivity index (χ0) is 29.4. The van der Waals surface area contributed by atoms with Crippen LogP contribution in [0.2, 0.25) is 0 Å². The lowest BCUT2D eigenvalue weighted by molar-refractivity contribution is -0.158. The molecule has 0 spiro atoms. The lowest BCUT2D eigenvalue weighted by Crippen LogP contribution is -2.47. The van der Waals surface area contributed by atoms with Crippen LogP contribution in [0.5, 0.6) is 5.75 Å². The third-order valence-electron chi connectivity index (χ3n) is 6.88. The molecule has 1 fully saturated rings. The Bertz CT molecular complexity index is 1070. The van der Waals surface area contributed by atoms with Crippen LogP contribution >= 0.6 is 12.4 Å². The van der Waals surface area contributed by atoms with E-state index in [1.54, 1.807) is 20.8 Å². The van der Waals surface area contributed by atoms with E-state index in [9.17, 15) is 24.3 Å². The number of aliphatic carboxylic acids is 1. The topological polar surface area (TPSA) is 144 Å². The van der Waals surface area contributed by atoms with Gasteiger partial charge >= 0.3 is 18.0 Å². The molecule has 1 aromatic carbocycles. The summed E-state index contributed by atoms with van der Waals surface area (Å²) in [6.07, 6.45) is 1.56. The second-order valence-electron chi connectivity index (χ2n) is 11.7. The number of hydrogen-bond donors (Lipinski definition) is 3. The molecule has 3 rings (SSSR count). The van der Waals surface area contributed by atoms with Crippen LogP contribution in [-0.2, 0) is 36.8 Å². The van der Waals surface area contributed by atoms with Crippen molar-refractivity contribution in [3.05, 3.63) is 29.3 Å². The Hall–Kier alpha value is -3.05. The van der Waals surface area contributed by atoms with Gasteiger partial charge in [-0.25, -0.2) is 9.59 Å². The van der Waals surface area contributed by atoms with E-state index in [1.807, 2.05) is 36.9 Å². The SMILES string of the molecule is CC(C)[C@H](NC(=O)OCCCCC(=O)N1CCc2cccc(O[C@H]3CN[C@H](C(=O)O)C3)c2C1)C(=O)OC(C)(C)C.Cl. The molecule has 0 aromatic heterocycles. The monoisotopic (exact) mass is 597 g/mol. The lowest BCUT2D eigenvalue weighted by atomic mass is 9.98. The van der Waals surface area contributed by atoms with Crippen molar-refractivity contribution in [2.45, 2.75) is 97.1 Å². The van der Waals surface area contributed by atoms with Crippen molar-refractivity contribution in [3.8, 4) is 5.75 Å². The molecule has 0 radical (unpaired) electrons. The number of carboxylic acids is 1. The average molecular weight is 598 g/mol. The molecule has 0 unspecified atom stereocenters. The largest absolute Gasteiger partial charge is 0.489 e. The molecular weight excluding hydrogens is 554 g/mol. The summed E-state index contributed by atoms with van der Waals surface area (Å²) in [7, 11) is 0. The Balaban J connectivity index is 0.00000588. The average Bonchev–Trinajstić information content (AvgIpc) is 3.34. The van der Waals surface area contributed by atoms with E-state index in [0.717, 1.165) is 17.5 Å². The number of alkyl carbamates (subject to hydrolysis) is 1. The molecule has 11 nitrogen and oxygen atoms in total. The molecule has 3 atom stereocenters. The van der Waals surface area contributed by atoms with Crippen molar-refractivity contribution in [1.29, 1.82) is 0 Å². The van der Waals surface area contributed by atoms with E-state index in [1.165, 1.54) is 0 Å². The molecule has 0 aliphatic carbocycles. The maximum Gasteiger partial charge on any atom is 0.407 e. The molecule has 2 heterocycles. The van der Waals surface area contributed by atoms with Gasteiger partial charge in [-0.15, -0.1) is 12.4 Å².